The van der Waals surface area contributed by atoms with Gasteiger partial charge in [-0.2, -0.15) is 0 Å². The van der Waals surface area contributed by atoms with E-state index >= 15 is 0 Å². The highest BCUT2D eigenvalue weighted by molar-refractivity contribution is 7.92. The van der Waals surface area contributed by atoms with E-state index in [1.807, 2.05) is 12.1 Å². The van der Waals surface area contributed by atoms with Crippen LogP contribution in [0, 0.1) is 0 Å². The number of amides is 1. The molecule has 2 aromatic heterocycles. The van der Waals surface area contributed by atoms with Crippen LogP contribution >= 0.6 is 11.3 Å². The van der Waals surface area contributed by atoms with E-state index < -0.39 is 10.0 Å². The number of carbonyl (C=O) groups excluding carboxylic acids is 1. The highest BCUT2D eigenvalue weighted by Crippen LogP contribution is 2.16. The van der Waals surface area contributed by atoms with Crippen molar-refractivity contribution in [2.75, 3.05) is 11.0 Å². The van der Waals surface area contributed by atoms with Crippen LogP contribution in [0.15, 0.2) is 23.7 Å². The lowest BCUT2D eigenvalue weighted by atomic mass is 10.4. The van der Waals surface area contributed by atoms with E-state index in [-0.39, 0.29) is 16.7 Å². The molecule has 0 radical (unpaired) electrons. The van der Waals surface area contributed by atoms with Crippen LogP contribution in [-0.4, -0.2) is 30.5 Å². The van der Waals surface area contributed by atoms with Gasteiger partial charge in [-0.1, -0.05) is 0 Å². The van der Waals surface area contributed by atoms with Gasteiger partial charge >= 0.3 is 0 Å². The summed E-state index contributed by atoms with van der Waals surface area (Å²) < 4.78 is 24.2. The van der Waals surface area contributed by atoms with Crippen LogP contribution in [0.4, 0.5) is 5.13 Å². The van der Waals surface area contributed by atoms with Crippen LogP contribution in [0.2, 0.25) is 0 Å². The van der Waals surface area contributed by atoms with E-state index in [0.29, 0.717) is 6.54 Å². The fourth-order valence-electron chi connectivity index (χ4n) is 1.33. The van der Waals surface area contributed by atoms with Crippen LogP contribution < -0.4 is 10.0 Å². The van der Waals surface area contributed by atoms with E-state index in [2.05, 4.69) is 20.0 Å². The maximum absolute atomic E-state index is 11.8. The number of hydrogen-bond donors (Lipinski definition) is 3. The Labute approximate surface area is 114 Å². The van der Waals surface area contributed by atoms with E-state index in [4.69, 9.17) is 0 Å². The number of anilines is 1. The highest BCUT2D eigenvalue weighted by atomic mass is 32.2. The number of carbonyl (C=O) groups is 1. The van der Waals surface area contributed by atoms with Gasteiger partial charge in [-0.15, -0.1) is 11.3 Å². The zero-order chi connectivity index (χ0) is 13.9. The number of nitrogens with zero attached hydrogens (tertiary/aromatic N) is 1. The second-order valence-electron chi connectivity index (χ2n) is 3.79. The first-order chi connectivity index (χ1) is 8.94. The first-order valence-electron chi connectivity index (χ1n) is 5.28. The minimum Gasteiger partial charge on any atom is -0.364 e. The molecule has 0 aliphatic rings. The van der Waals surface area contributed by atoms with Crippen molar-refractivity contribution >= 4 is 32.4 Å². The van der Waals surface area contributed by atoms with E-state index in [9.17, 15) is 13.2 Å². The second kappa shape index (κ2) is 5.41. The maximum atomic E-state index is 11.8. The molecule has 7 nitrogen and oxygen atoms in total. The van der Waals surface area contributed by atoms with Gasteiger partial charge in [0, 0.05) is 17.3 Å². The summed E-state index contributed by atoms with van der Waals surface area (Å²) in [5, 5.41) is 4.35. The number of nitrogens with one attached hydrogen (secondary N) is 3. The molecule has 2 heterocycles. The summed E-state index contributed by atoms with van der Waals surface area (Å²) in [6.07, 6.45) is 2.79. The fraction of sp³-hybridized carbons (Fsp3) is 0.200. The molecule has 0 fully saturated rings. The van der Waals surface area contributed by atoms with E-state index in [1.165, 1.54) is 5.38 Å². The van der Waals surface area contributed by atoms with Gasteiger partial charge in [-0.25, -0.2) is 13.4 Å². The van der Waals surface area contributed by atoms with Crippen LogP contribution in [0.5, 0.6) is 0 Å². The number of H-pyrrole nitrogens is 1. The molecule has 0 bridgehead atoms. The molecule has 0 unspecified atom stereocenters. The third kappa shape index (κ3) is 4.07. The standard InChI is InChI=1S/C10H12N4O3S2/c1-19(16,17)14-10-13-8(6-18-10)9(15)12-5-7-3-2-4-11-7/h2-4,6,11H,5H2,1H3,(H,12,15)(H,13,14). The number of rotatable bonds is 5. The number of aromatic nitrogens is 2. The smallest absolute Gasteiger partial charge is 0.271 e. The molecule has 9 heteroatoms. The molecule has 1 amide bonds. The van der Waals surface area contributed by atoms with Gasteiger partial charge in [0.05, 0.1) is 12.8 Å². The Morgan fingerprint density at radius 2 is 2.32 bits per heavy atom. The molecule has 102 valence electrons. The minimum absolute atomic E-state index is 0.174. The van der Waals surface area contributed by atoms with Gasteiger partial charge in [-0.3, -0.25) is 9.52 Å². The Kier molecular flexibility index (Phi) is 3.86. The van der Waals surface area contributed by atoms with Gasteiger partial charge in [-0.05, 0) is 12.1 Å². The first-order valence-corrected chi connectivity index (χ1v) is 8.05. The van der Waals surface area contributed by atoms with Gasteiger partial charge in [0.25, 0.3) is 5.91 Å². The number of sulfonamides is 1. The average Bonchev–Trinajstić information content (AvgIpc) is 2.94. The normalized spacial score (nSPS) is 11.2. The minimum atomic E-state index is -3.38. The van der Waals surface area contributed by atoms with Gasteiger partial charge in [0.15, 0.2) is 5.13 Å². The third-order valence-corrected chi connectivity index (χ3v) is 3.56. The Bertz CT molecular complexity index is 661. The van der Waals surface area contributed by atoms with Gasteiger partial charge in [0.1, 0.15) is 5.69 Å². The Hall–Kier alpha value is -1.87. The molecular formula is C10H12N4O3S2. The van der Waals surface area contributed by atoms with Crippen molar-refractivity contribution in [3.8, 4) is 0 Å². The van der Waals surface area contributed by atoms with E-state index in [0.717, 1.165) is 23.3 Å². The summed E-state index contributed by atoms with van der Waals surface area (Å²) in [6.45, 7) is 0.359. The first kappa shape index (κ1) is 13.6. The van der Waals surface area contributed by atoms with Gasteiger partial charge < -0.3 is 10.3 Å². The molecule has 0 aromatic carbocycles. The summed E-state index contributed by atoms with van der Waals surface area (Å²) in [6, 6.07) is 3.68. The molecule has 0 atom stereocenters. The topological polar surface area (TPSA) is 104 Å². The average molecular weight is 300 g/mol. The summed E-state index contributed by atoms with van der Waals surface area (Å²) in [5.74, 6) is -0.354. The molecule has 0 aliphatic carbocycles. The molecule has 0 saturated carbocycles. The third-order valence-electron chi connectivity index (χ3n) is 2.11. The quantitative estimate of drug-likeness (QED) is 0.758. The lowest BCUT2D eigenvalue weighted by Gasteiger charge is -2.01. The molecule has 19 heavy (non-hydrogen) atoms. The highest BCUT2D eigenvalue weighted by Gasteiger charge is 2.12. The molecule has 2 rings (SSSR count). The Morgan fingerprint density at radius 3 is 2.95 bits per heavy atom. The van der Waals surface area contributed by atoms with E-state index in [1.54, 1.807) is 6.20 Å². The Balaban J connectivity index is 1.96. The number of aromatic amines is 1. The predicted molar refractivity (Wildman–Crippen MR) is 72.5 cm³/mol. The second-order valence-corrected chi connectivity index (χ2v) is 6.40. The largest absolute Gasteiger partial charge is 0.364 e. The van der Waals surface area contributed by atoms with Crippen LogP contribution in [-0.2, 0) is 16.6 Å². The summed E-state index contributed by atoms with van der Waals surface area (Å²) in [5.41, 5.74) is 1.06. The predicted octanol–water partition coefficient (Wildman–Crippen LogP) is 0.773. The lowest BCUT2D eigenvalue weighted by molar-refractivity contribution is 0.0946. The van der Waals surface area contributed by atoms with Crippen molar-refractivity contribution in [3.63, 3.8) is 0 Å². The van der Waals surface area contributed by atoms with Crippen LogP contribution in [0.25, 0.3) is 0 Å². The number of thiazole rings is 1. The van der Waals surface area contributed by atoms with Crippen molar-refractivity contribution in [3.05, 3.63) is 35.1 Å². The van der Waals surface area contributed by atoms with Crippen molar-refractivity contribution in [1.29, 1.82) is 0 Å². The fourth-order valence-corrected chi connectivity index (χ4v) is 2.87. The molecule has 0 aliphatic heterocycles. The SMILES string of the molecule is CS(=O)(=O)Nc1nc(C(=O)NCc2ccc[nH]2)cs1. The van der Waals surface area contributed by atoms with Crippen LogP contribution in [0.1, 0.15) is 16.2 Å². The Morgan fingerprint density at radius 1 is 1.53 bits per heavy atom. The van der Waals surface area contributed by atoms with Crippen LogP contribution in [0.3, 0.4) is 0 Å². The number of hydrogen-bond acceptors (Lipinski definition) is 5. The zero-order valence-corrected chi connectivity index (χ0v) is 11.6. The summed E-state index contributed by atoms with van der Waals surface area (Å²) >= 11 is 1.06. The monoisotopic (exact) mass is 300 g/mol. The molecule has 0 spiro atoms. The zero-order valence-electron chi connectivity index (χ0n) is 10.0. The van der Waals surface area contributed by atoms with Crippen molar-refractivity contribution < 1.29 is 13.2 Å². The molecule has 2 aromatic rings. The lowest BCUT2D eigenvalue weighted by Crippen LogP contribution is -2.23. The van der Waals surface area contributed by atoms with Crippen molar-refractivity contribution in [2.24, 2.45) is 0 Å². The van der Waals surface area contributed by atoms with Crippen molar-refractivity contribution in [1.82, 2.24) is 15.3 Å². The molecular weight excluding hydrogens is 288 g/mol. The summed E-state index contributed by atoms with van der Waals surface area (Å²) in [7, 11) is -3.38. The van der Waals surface area contributed by atoms with Crippen molar-refractivity contribution in [2.45, 2.75) is 6.54 Å². The van der Waals surface area contributed by atoms with Gasteiger partial charge in [0.2, 0.25) is 10.0 Å². The molecule has 0 saturated heterocycles. The maximum Gasteiger partial charge on any atom is 0.271 e. The summed E-state index contributed by atoms with van der Waals surface area (Å²) in [4.78, 5) is 18.6. The molecule has 3 N–H and O–H groups in total.